The lowest BCUT2D eigenvalue weighted by atomic mass is 10.2. The topological polar surface area (TPSA) is 62.5 Å². The molecule has 26 heavy (non-hydrogen) atoms. The van der Waals surface area contributed by atoms with Gasteiger partial charge in [-0.3, -0.25) is 14.7 Å². The van der Waals surface area contributed by atoms with Gasteiger partial charge in [-0.2, -0.15) is 0 Å². The molecule has 0 saturated carbocycles. The highest BCUT2D eigenvalue weighted by molar-refractivity contribution is 5.91. The van der Waals surface area contributed by atoms with E-state index in [0.717, 1.165) is 43.8 Å². The van der Waals surface area contributed by atoms with Gasteiger partial charge in [0.15, 0.2) is 5.58 Å². The van der Waals surface area contributed by atoms with Crippen molar-refractivity contribution >= 4 is 23.1 Å². The molecule has 0 aliphatic carbocycles. The van der Waals surface area contributed by atoms with Crippen LogP contribution in [-0.4, -0.2) is 51.9 Å². The zero-order valence-corrected chi connectivity index (χ0v) is 14.4. The van der Waals surface area contributed by atoms with Crippen LogP contribution in [0.1, 0.15) is 11.5 Å². The van der Waals surface area contributed by atoms with Crippen molar-refractivity contribution in [3.05, 3.63) is 66.3 Å². The van der Waals surface area contributed by atoms with Crippen molar-refractivity contribution in [3.63, 3.8) is 0 Å². The van der Waals surface area contributed by atoms with Gasteiger partial charge in [0.25, 0.3) is 0 Å². The molecule has 1 amide bonds. The minimum atomic E-state index is -0.00622. The molecule has 1 aromatic carbocycles. The summed E-state index contributed by atoms with van der Waals surface area (Å²) in [5.41, 5.74) is 2.72. The second-order valence-electron chi connectivity index (χ2n) is 6.32. The van der Waals surface area contributed by atoms with Crippen molar-refractivity contribution in [2.24, 2.45) is 0 Å². The van der Waals surface area contributed by atoms with Crippen molar-refractivity contribution in [1.29, 1.82) is 0 Å². The number of nitrogens with zero attached hydrogens (tertiary/aromatic N) is 4. The lowest BCUT2D eigenvalue weighted by Crippen LogP contribution is -2.47. The average Bonchev–Trinajstić information content (AvgIpc) is 3.10. The number of benzene rings is 1. The third-order valence-electron chi connectivity index (χ3n) is 4.49. The Kier molecular flexibility index (Phi) is 4.75. The first-order chi connectivity index (χ1) is 12.8. The fourth-order valence-corrected chi connectivity index (χ4v) is 3.09. The maximum Gasteiger partial charge on any atom is 0.246 e. The molecule has 1 aliphatic rings. The Labute approximate surface area is 151 Å². The Morgan fingerprint density at radius 2 is 1.96 bits per heavy atom. The van der Waals surface area contributed by atoms with Gasteiger partial charge in [-0.05, 0) is 23.8 Å². The number of rotatable bonds is 4. The van der Waals surface area contributed by atoms with Crippen LogP contribution in [0.2, 0.25) is 0 Å². The summed E-state index contributed by atoms with van der Waals surface area (Å²) in [5, 5.41) is 0. The van der Waals surface area contributed by atoms with Crippen LogP contribution in [0.3, 0.4) is 0 Å². The number of para-hydroxylation sites is 2. The number of hydrogen-bond donors (Lipinski definition) is 0. The van der Waals surface area contributed by atoms with Gasteiger partial charge in [-0.25, -0.2) is 4.98 Å². The highest BCUT2D eigenvalue weighted by atomic mass is 16.3. The third-order valence-corrected chi connectivity index (χ3v) is 4.49. The molecule has 0 spiro atoms. The monoisotopic (exact) mass is 348 g/mol. The molecule has 1 saturated heterocycles. The predicted molar refractivity (Wildman–Crippen MR) is 99.1 cm³/mol. The van der Waals surface area contributed by atoms with Crippen LogP contribution in [0.15, 0.2) is 59.3 Å². The molecule has 0 N–H and O–H groups in total. The van der Waals surface area contributed by atoms with Gasteiger partial charge in [0, 0.05) is 57.3 Å². The molecule has 6 nitrogen and oxygen atoms in total. The Bertz CT molecular complexity index is 879. The first kappa shape index (κ1) is 16.5. The summed E-state index contributed by atoms with van der Waals surface area (Å²) in [6.07, 6.45) is 6.86. The summed E-state index contributed by atoms with van der Waals surface area (Å²) in [5.74, 6) is 0.447. The fraction of sp³-hybridized carbons (Fsp3) is 0.250. The van der Waals surface area contributed by atoms with Gasteiger partial charge >= 0.3 is 0 Å². The van der Waals surface area contributed by atoms with Crippen molar-refractivity contribution in [1.82, 2.24) is 19.8 Å². The zero-order valence-electron chi connectivity index (χ0n) is 14.4. The summed E-state index contributed by atoms with van der Waals surface area (Å²) in [6.45, 7) is 4.03. The number of pyridine rings is 1. The molecule has 2 aromatic heterocycles. The van der Waals surface area contributed by atoms with Crippen LogP contribution in [0, 0.1) is 0 Å². The summed E-state index contributed by atoms with van der Waals surface area (Å²) in [4.78, 5) is 25.1. The van der Waals surface area contributed by atoms with Gasteiger partial charge in [-0.1, -0.05) is 18.2 Å². The SMILES string of the molecule is O=C(/C=C/c1nc2ccccc2o1)N1CCN(Cc2cccnc2)CC1. The number of aromatic nitrogens is 2. The molecule has 0 unspecified atom stereocenters. The second kappa shape index (κ2) is 7.49. The van der Waals surface area contributed by atoms with E-state index in [1.807, 2.05) is 41.4 Å². The zero-order chi connectivity index (χ0) is 17.8. The molecule has 1 fully saturated rings. The van der Waals surface area contributed by atoms with E-state index in [4.69, 9.17) is 4.42 Å². The van der Waals surface area contributed by atoms with E-state index in [0.29, 0.717) is 5.89 Å². The molecule has 0 atom stereocenters. The molecular formula is C20H20N4O2. The van der Waals surface area contributed by atoms with Gasteiger partial charge in [0.1, 0.15) is 5.52 Å². The van der Waals surface area contributed by atoms with Crippen molar-refractivity contribution in [2.45, 2.75) is 6.54 Å². The van der Waals surface area contributed by atoms with E-state index in [-0.39, 0.29) is 5.91 Å². The first-order valence-corrected chi connectivity index (χ1v) is 8.72. The molecule has 3 heterocycles. The predicted octanol–water partition coefficient (Wildman–Crippen LogP) is 2.58. The average molecular weight is 348 g/mol. The van der Waals surface area contributed by atoms with Crippen LogP contribution in [-0.2, 0) is 11.3 Å². The van der Waals surface area contributed by atoms with E-state index < -0.39 is 0 Å². The molecule has 4 rings (SSSR count). The summed E-state index contributed by atoms with van der Waals surface area (Å²) < 4.78 is 5.61. The van der Waals surface area contributed by atoms with Gasteiger partial charge in [0.2, 0.25) is 11.8 Å². The van der Waals surface area contributed by atoms with Gasteiger partial charge in [-0.15, -0.1) is 0 Å². The van der Waals surface area contributed by atoms with Crippen LogP contribution in [0.4, 0.5) is 0 Å². The number of hydrogen-bond acceptors (Lipinski definition) is 5. The summed E-state index contributed by atoms with van der Waals surface area (Å²) in [6, 6.07) is 11.6. The van der Waals surface area contributed by atoms with Crippen LogP contribution < -0.4 is 0 Å². The maximum absolute atomic E-state index is 12.4. The van der Waals surface area contributed by atoms with Gasteiger partial charge < -0.3 is 9.32 Å². The molecular weight excluding hydrogens is 328 g/mol. The smallest absolute Gasteiger partial charge is 0.246 e. The van der Waals surface area contributed by atoms with Crippen LogP contribution in [0.5, 0.6) is 0 Å². The number of carbonyl (C=O) groups is 1. The number of oxazole rings is 1. The maximum atomic E-state index is 12.4. The quantitative estimate of drug-likeness (QED) is 0.678. The Morgan fingerprint density at radius 1 is 1.12 bits per heavy atom. The molecule has 0 radical (unpaired) electrons. The Balaban J connectivity index is 1.32. The third kappa shape index (κ3) is 3.81. The largest absolute Gasteiger partial charge is 0.437 e. The van der Waals surface area contributed by atoms with E-state index in [2.05, 4.69) is 20.9 Å². The van der Waals surface area contributed by atoms with Gasteiger partial charge in [0.05, 0.1) is 0 Å². The van der Waals surface area contributed by atoms with Crippen LogP contribution in [0.25, 0.3) is 17.2 Å². The molecule has 3 aromatic rings. The molecule has 0 bridgehead atoms. The number of amides is 1. The van der Waals surface area contributed by atoms with Crippen molar-refractivity contribution in [3.8, 4) is 0 Å². The highest BCUT2D eigenvalue weighted by Gasteiger charge is 2.19. The summed E-state index contributed by atoms with van der Waals surface area (Å²) in [7, 11) is 0. The minimum Gasteiger partial charge on any atom is -0.437 e. The standard InChI is InChI=1S/C20H20N4O2/c25-20(8-7-19-22-17-5-1-2-6-18(17)26-19)24-12-10-23(11-13-24)15-16-4-3-9-21-14-16/h1-9,14H,10-13,15H2/b8-7+. The number of fused-ring (bicyclic) bond motifs is 1. The van der Waals surface area contributed by atoms with Crippen molar-refractivity contribution in [2.75, 3.05) is 26.2 Å². The molecule has 6 heteroatoms. The van der Waals surface area contributed by atoms with E-state index in [9.17, 15) is 4.79 Å². The summed E-state index contributed by atoms with van der Waals surface area (Å²) >= 11 is 0. The second-order valence-corrected chi connectivity index (χ2v) is 6.32. The van der Waals surface area contributed by atoms with Crippen LogP contribution >= 0.6 is 0 Å². The number of carbonyl (C=O) groups excluding carboxylic acids is 1. The van der Waals surface area contributed by atoms with E-state index in [1.54, 1.807) is 18.3 Å². The fourth-order valence-electron chi connectivity index (χ4n) is 3.09. The minimum absolute atomic E-state index is 0.00622. The lowest BCUT2D eigenvalue weighted by Gasteiger charge is -2.34. The van der Waals surface area contributed by atoms with Crippen molar-refractivity contribution < 1.29 is 9.21 Å². The lowest BCUT2D eigenvalue weighted by molar-refractivity contribution is -0.127. The first-order valence-electron chi connectivity index (χ1n) is 8.72. The Hall–Kier alpha value is -2.99. The molecule has 1 aliphatic heterocycles. The Morgan fingerprint density at radius 3 is 2.73 bits per heavy atom. The van der Waals surface area contributed by atoms with E-state index in [1.165, 1.54) is 5.56 Å². The highest BCUT2D eigenvalue weighted by Crippen LogP contribution is 2.16. The number of piperazine rings is 1. The molecule has 132 valence electrons. The normalized spacial score (nSPS) is 15.8. The van der Waals surface area contributed by atoms with E-state index >= 15 is 0 Å².